The van der Waals surface area contributed by atoms with Crippen molar-refractivity contribution in [3.8, 4) is 0 Å². The number of amides is 1. The fourth-order valence-corrected chi connectivity index (χ4v) is 1.40. The van der Waals surface area contributed by atoms with E-state index in [4.69, 9.17) is 5.73 Å². The first kappa shape index (κ1) is 12.2. The molecule has 4 nitrogen and oxygen atoms in total. The van der Waals surface area contributed by atoms with E-state index in [0.29, 0.717) is 0 Å². The van der Waals surface area contributed by atoms with Crippen LogP contribution in [0.25, 0.3) is 10.9 Å². The summed E-state index contributed by atoms with van der Waals surface area (Å²) in [5.41, 5.74) is 4.33. The number of carbonyl (C=O) groups excluding carboxylic acids is 1. The van der Waals surface area contributed by atoms with Gasteiger partial charge >= 0.3 is 0 Å². The fraction of sp³-hybridized carbons (Fsp3) is 0. The van der Waals surface area contributed by atoms with Gasteiger partial charge in [-0.2, -0.15) is 0 Å². The lowest BCUT2D eigenvalue weighted by molar-refractivity contribution is 0.0999. The molecule has 0 unspecified atom stereocenters. The third kappa shape index (κ3) is 1.77. The van der Waals surface area contributed by atoms with Crippen molar-refractivity contribution in [2.75, 3.05) is 0 Å². The molecule has 1 amide bonds. The summed E-state index contributed by atoms with van der Waals surface area (Å²) in [5, 5.41) is 0.117. The second kappa shape index (κ2) is 4.32. The minimum Gasteiger partial charge on any atom is -0.365 e. The smallest absolute Gasteiger partial charge is 0.254 e. The van der Waals surface area contributed by atoms with Crippen molar-refractivity contribution in [2.45, 2.75) is 0 Å². The Labute approximate surface area is 95.7 Å². The number of benzene rings is 1. The number of nitrogens with two attached hydrogens (primary N) is 1. The van der Waals surface area contributed by atoms with E-state index >= 15 is 0 Å². The zero-order chi connectivity index (χ0) is 11.0. The van der Waals surface area contributed by atoms with Crippen LogP contribution in [0.3, 0.4) is 0 Å². The monoisotopic (exact) mass is 242 g/mol. The quantitative estimate of drug-likeness (QED) is 0.788. The average molecular weight is 243 g/mol. The first-order chi connectivity index (χ1) is 7.11. The van der Waals surface area contributed by atoms with Gasteiger partial charge in [-0.3, -0.25) is 9.59 Å². The van der Waals surface area contributed by atoms with Gasteiger partial charge in [0.15, 0.2) is 0 Å². The first-order valence-corrected chi connectivity index (χ1v) is 4.21. The number of hydrogen-bond acceptors (Lipinski definition) is 2. The lowest BCUT2D eigenvalue weighted by atomic mass is 10.1. The van der Waals surface area contributed by atoms with E-state index in [1.54, 1.807) is 0 Å². The minimum atomic E-state index is -0.831. The number of para-hydroxylation sites is 1. The number of carbonyl (C=O) groups is 1. The molecule has 0 radical (unpaired) electrons. The number of H-pyrrole nitrogens is 1. The van der Waals surface area contributed by atoms with Crippen molar-refractivity contribution in [2.24, 2.45) is 5.73 Å². The first-order valence-electron chi connectivity index (χ1n) is 4.21. The second-order valence-electron chi connectivity index (χ2n) is 3.06. The predicted octanol–water partition coefficient (Wildman–Crippen LogP) is 1.19. The molecule has 1 aromatic carbocycles. The van der Waals surface area contributed by atoms with E-state index in [1.165, 1.54) is 18.2 Å². The molecule has 2 aromatic rings. The zero-order valence-corrected chi connectivity index (χ0v) is 8.81. The summed E-state index contributed by atoms with van der Waals surface area (Å²) in [6, 6.07) is 4.06. The number of rotatable bonds is 1. The van der Waals surface area contributed by atoms with E-state index in [-0.39, 0.29) is 28.9 Å². The predicted molar refractivity (Wildman–Crippen MR) is 60.3 cm³/mol. The van der Waals surface area contributed by atoms with Crippen molar-refractivity contribution in [1.29, 1.82) is 0 Å². The number of hydrogen-bond donors (Lipinski definition) is 2. The van der Waals surface area contributed by atoms with Crippen LogP contribution < -0.4 is 11.2 Å². The summed E-state index contributed by atoms with van der Waals surface area (Å²) in [6.07, 6.45) is 1.12. The van der Waals surface area contributed by atoms with Crippen LogP contribution in [0.1, 0.15) is 10.4 Å². The molecule has 0 bridgehead atoms. The van der Waals surface area contributed by atoms with Crippen LogP contribution in [-0.4, -0.2) is 10.9 Å². The maximum absolute atomic E-state index is 13.2. The molecule has 0 saturated carbocycles. The van der Waals surface area contributed by atoms with E-state index in [1.807, 2.05) is 0 Å². The van der Waals surface area contributed by atoms with Gasteiger partial charge in [-0.05, 0) is 12.1 Å². The van der Waals surface area contributed by atoms with Crippen LogP contribution in [0.4, 0.5) is 4.39 Å². The average Bonchev–Trinajstić information content (AvgIpc) is 2.19. The summed E-state index contributed by atoms with van der Waals surface area (Å²) in [5.74, 6) is -1.37. The molecule has 16 heavy (non-hydrogen) atoms. The number of pyridine rings is 1. The number of aromatic nitrogens is 1. The Kier molecular flexibility index (Phi) is 3.29. The fourth-order valence-electron chi connectivity index (χ4n) is 1.40. The second-order valence-corrected chi connectivity index (χ2v) is 3.06. The van der Waals surface area contributed by atoms with Gasteiger partial charge in [-0.1, -0.05) is 6.07 Å². The molecule has 6 heteroatoms. The van der Waals surface area contributed by atoms with E-state index in [2.05, 4.69) is 4.98 Å². The highest BCUT2D eigenvalue weighted by Crippen LogP contribution is 2.11. The molecular formula is C10H8ClFN2O2. The molecule has 0 spiro atoms. The zero-order valence-electron chi connectivity index (χ0n) is 7.99. The van der Waals surface area contributed by atoms with Crippen LogP contribution in [0.15, 0.2) is 29.2 Å². The molecule has 3 N–H and O–H groups in total. The van der Waals surface area contributed by atoms with Crippen molar-refractivity contribution >= 4 is 29.2 Å². The maximum Gasteiger partial charge on any atom is 0.254 e. The molecular weight excluding hydrogens is 235 g/mol. The molecule has 0 aliphatic heterocycles. The van der Waals surface area contributed by atoms with Gasteiger partial charge in [0.1, 0.15) is 11.4 Å². The van der Waals surface area contributed by atoms with Gasteiger partial charge in [0.25, 0.3) is 5.91 Å². The standard InChI is InChI=1S/C10H7FN2O2.ClH/c11-7-3-1-2-5-8(7)13-4-6(9(5)14)10(12)15;/h1-4H,(H2,12,15)(H,13,14);1H. The Bertz CT molecular complexity index is 609. The largest absolute Gasteiger partial charge is 0.365 e. The highest BCUT2D eigenvalue weighted by Gasteiger charge is 2.11. The SMILES string of the molecule is Cl.NC(=O)c1c[nH]c2c(F)cccc2c1=O. The van der Waals surface area contributed by atoms with E-state index < -0.39 is 17.2 Å². The molecule has 1 aromatic heterocycles. The van der Waals surface area contributed by atoms with Gasteiger partial charge in [-0.15, -0.1) is 12.4 Å². The third-order valence-corrected chi connectivity index (χ3v) is 2.13. The van der Waals surface area contributed by atoms with Crippen LogP contribution in [0.5, 0.6) is 0 Å². The number of fused-ring (bicyclic) bond motifs is 1. The summed E-state index contributed by atoms with van der Waals surface area (Å²) in [4.78, 5) is 25.0. The lowest BCUT2D eigenvalue weighted by Gasteiger charge is -2.00. The maximum atomic E-state index is 13.2. The Morgan fingerprint density at radius 2 is 2.06 bits per heavy atom. The van der Waals surface area contributed by atoms with Crippen molar-refractivity contribution in [1.82, 2.24) is 4.98 Å². The van der Waals surface area contributed by atoms with Gasteiger partial charge in [0.2, 0.25) is 5.43 Å². The summed E-state index contributed by atoms with van der Waals surface area (Å²) < 4.78 is 13.2. The van der Waals surface area contributed by atoms with Crippen molar-refractivity contribution < 1.29 is 9.18 Å². The molecule has 2 rings (SSSR count). The van der Waals surface area contributed by atoms with Gasteiger partial charge in [-0.25, -0.2) is 4.39 Å². The normalized spacial score (nSPS) is 9.81. The van der Waals surface area contributed by atoms with Gasteiger partial charge < -0.3 is 10.7 Å². The van der Waals surface area contributed by atoms with Crippen LogP contribution in [0.2, 0.25) is 0 Å². The highest BCUT2D eigenvalue weighted by atomic mass is 35.5. The Morgan fingerprint density at radius 1 is 1.38 bits per heavy atom. The Hall–Kier alpha value is -1.88. The Morgan fingerprint density at radius 3 is 2.69 bits per heavy atom. The molecule has 0 aliphatic carbocycles. The van der Waals surface area contributed by atoms with Crippen molar-refractivity contribution in [3.05, 3.63) is 46.0 Å². The molecule has 0 saturated heterocycles. The van der Waals surface area contributed by atoms with Gasteiger partial charge in [0.05, 0.1) is 5.52 Å². The number of halogens is 2. The third-order valence-electron chi connectivity index (χ3n) is 2.13. The highest BCUT2D eigenvalue weighted by molar-refractivity contribution is 5.96. The summed E-state index contributed by atoms with van der Waals surface area (Å²) >= 11 is 0. The van der Waals surface area contributed by atoms with E-state index in [0.717, 1.165) is 6.20 Å². The number of primary amides is 1. The summed E-state index contributed by atoms with van der Waals surface area (Å²) in [6.45, 7) is 0. The van der Waals surface area contributed by atoms with Crippen LogP contribution in [0, 0.1) is 5.82 Å². The van der Waals surface area contributed by atoms with E-state index in [9.17, 15) is 14.0 Å². The topological polar surface area (TPSA) is 76.0 Å². The molecule has 84 valence electrons. The van der Waals surface area contributed by atoms with Crippen LogP contribution in [-0.2, 0) is 0 Å². The Balaban J connectivity index is 0.00000128. The number of nitrogens with one attached hydrogen (secondary N) is 1. The molecule has 0 aliphatic rings. The number of aromatic amines is 1. The molecule has 1 heterocycles. The van der Waals surface area contributed by atoms with Crippen LogP contribution >= 0.6 is 12.4 Å². The van der Waals surface area contributed by atoms with Gasteiger partial charge in [0, 0.05) is 11.6 Å². The minimum absolute atomic E-state index is 0. The lowest BCUT2D eigenvalue weighted by Crippen LogP contribution is -2.22. The van der Waals surface area contributed by atoms with Crippen molar-refractivity contribution in [3.63, 3.8) is 0 Å². The molecule has 0 fully saturated rings. The molecule has 0 atom stereocenters. The summed E-state index contributed by atoms with van der Waals surface area (Å²) in [7, 11) is 0.